The molecule has 0 spiro atoms. The molecule has 3 aromatic carbocycles. The number of amides is 1. The number of aromatic nitrogens is 3. The summed E-state index contributed by atoms with van der Waals surface area (Å²) >= 11 is 5.37. The lowest BCUT2D eigenvalue weighted by Crippen LogP contribution is -2.34. The topological polar surface area (TPSA) is 81.1 Å². The number of hydrogen-bond donors (Lipinski definition) is 2. The van der Waals surface area contributed by atoms with Gasteiger partial charge < -0.3 is 10.1 Å². The molecule has 0 saturated carbocycles. The Balaban J connectivity index is 1.49. The predicted octanol–water partition coefficient (Wildman–Crippen LogP) is 4.82. The number of fused-ring (bicyclic) bond motifs is 1. The zero-order valence-corrected chi connectivity index (χ0v) is 19.6. The third kappa shape index (κ3) is 5.18. The molecule has 0 fully saturated rings. The third-order valence-electron chi connectivity index (χ3n) is 5.18. The number of anilines is 1. The summed E-state index contributed by atoms with van der Waals surface area (Å²) in [7, 11) is 0. The monoisotopic (exact) mass is 459 g/mol. The van der Waals surface area contributed by atoms with Crippen molar-refractivity contribution in [3.05, 3.63) is 77.4 Å². The van der Waals surface area contributed by atoms with Gasteiger partial charge in [-0.15, -0.1) is 10.2 Å². The lowest BCUT2D eigenvalue weighted by atomic mass is 10.2. The first-order valence-corrected chi connectivity index (χ1v) is 11.2. The molecule has 1 aromatic heterocycles. The molecule has 33 heavy (non-hydrogen) atoms. The maximum Gasteiger partial charge on any atom is 0.257 e. The van der Waals surface area contributed by atoms with Crippen LogP contribution in [0.15, 0.2) is 60.7 Å². The van der Waals surface area contributed by atoms with Crippen molar-refractivity contribution in [2.45, 2.75) is 27.2 Å². The summed E-state index contributed by atoms with van der Waals surface area (Å²) in [4.78, 5) is 14.2. The molecule has 0 aliphatic heterocycles. The maximum absolute atomic E-state index is 12.6. The van der Waals surface area contributed by atoms with Crippen LogP contribution in [0.25, 0.3) is 16.7 Å². The first-order valence-electron chi connectivity index (χ1n) is 10.8. The van der Waals surface area contributed by atoms with Gasteiger partial charge in [0.2, 0.25) is 0 Å². The fraction of sp³-hybridized carbons (Fsp3) is 0.200. The molecule has 0 aliphatic carbocycles. The predicted molar refractivity (Wildman–Crippen MR) is 134 cm³/mol. The molecule has 7 nitrogen and oxygen atoms in total. The summed E-state index contributed by atoms with van der Waals surface area (Å²) in [6.07, 6.45) is 0.984. The van der Waals surface area contributed by atoms with Gasteiger partial charge in [-0.25, -0.2) is 0 Å². The van der Waals surface area contributed by atoms with Crippen molar-refractivity contribution in [1.82, 2.24) is 20.3 Å². The van der Waals surface area contributed by atoms with E-state index < -0.39 is 0 Å². The van der Waals surface area contributed by atoms with Crippen LogP contribution >= 0.6 is 12.2 Å². The summed E-state index contributed by atoms with van der Waals surface area (Å²) in [6, 6.07) is 19.0. The smallest absolute Gasteiger partial charge is 0.257 e. The molecule has 8 heteroatoms. The van der Waals surface area contributed by atoms with Crippen LogP contribution in [-0.2, 0) is 6.42 Å². The lowest BCUT2D eigenvalue weighted by molar-refractivity contribution is 0.0977. The second-order valence-electron chi connectivity index (χ2n) is 7.53. The number of thiocarbonyl (C=S) groups is 1. The van der Waals surface area contributed by atoms with Crippen molar-refractivity contribution in [2.75, 3.05) is 11.9 Å². The van der Waals surface area contributed by atoms with Crippen LogP contribution in [0.5, 0.6) is 5.75 Å². The molecule has 168 valence electrons. The van der Waals surface area contributed by atoms with Gasteiger partial charge in [-0.2, -0.15) is 4.80 Å². The van der Waals surface area contributed by atoms with Crippen LogP contribution in [0.4, 0.5) is 5.69 Å². The van der Waals surface area contributed by atoms with E-state index in [0.717, 1.165) is 34.4 Å². The van der Waals surface area contributed by atoms with Gasteiger partial charge in [0.1, 0.15) is 16.8 Å². The number of carbonyl (C=O) groups excluding carboxylic acids is 1. The van der Waals surface area contributed by atoms with E-state index >= 15 is 0 Å². The van der Waals surface area contributed by atoms with Gasteiger partial charge in [0.15, 0.2) is 5.11 Å². The summed E-state index contributed by atoms with van der Waals surface area (Å²) in [5.41, 5.74) is 5.82. The van der Waals surface area contributed by atoms with E-state index in [-0.39, 0.29) is 11.0 Å². The molecule has 1 heterocycles. The molecule has 2 N–H and O–H groups in total. The van der Waals surface area contributed by atoms with E-state index in [1.807, 2.05) is 38.1 Å². The minimum Gasteiger partial charge on any atom is -0.494 e. The second kappa shape index (κ2) is 9.79. The van der Waals surface area contributed by atoms with Crippen LogP contribution in [0.1, 0.15) is 35.3 Å². The largest absolute Gasteiger partial charge is 0.494 e. The molecule has 4 aromatic rings. The number of aryl methyl sites for hydroxylation is 2. The highest BCUT2D eigenvalue weighted by Gasteiger charge is 2.12. The Bertz CT molecular complexity index is 1310. The van der Waals surface area contributed by atoms with Crippen molar-refractivity contribution >= 4 is 40.0 Å². The Morgan fingerprint density at radius 1 is 1.03 bits per heavy atom. The van der Waals surface area contributed by atoms with Gasteiger partial charge in [0.25, 0.3) is 5.91 Å². The van der Waals surface area contributed by atoms with Gasteiger partial charge in [-0.3, -0.25) is 10.1 Å². The molecule has 0 saturated heterocycles. The van der Waals surface area contributed by atoms with Crippen LogP contribution in [0.3, 0.4) is 0 Å². The molecule has 0 bridgehead atoms. The Kier molecular flexibility index (Phi) is 6.65. The van der Waals surface area contributed by atoms with Crippen molar-refractivity contribution < 1.29 is 9.53 Å². The Hall–Kier alpha value is -3.78. The first kappa shape index (κ1) is 22.4. The van der Waals surface area contributed by atoms with Crippen LogP contribution in [0, 0.1) is 6.92 Å². The highest BCUT2D eigenvalue weighted by atomic mass is 32.1. The van der Waals surface area contributed by atoms with Gasteiger partial charge in [0.05, 0.1) is 12.3 Å². The highest BCUT2D eigenvalue weighted by Crippen LogP contribution is 2.22. The minimum atomic E-state index is -0.311. The second-order valence-corrected chi connectivity index (χ2v) is 7.94. The first-order chi connectivity index (χ1) is 16.0. The zero-order chi connectivity index (χ0) is 23.4. The average Bonchev–Trinajstić information content (AvgIpc) is 3.22. The molecule has 0 atom stereocenters. The number of rotatable bonds is 6. The maximum atomic E-state index is 12.6. The van der Waals surface area contributed by atoms with Crippen molar-refractivity contribution in [3.63, 3.8) is 0 Å². The van der Waals surface area contributed by atoms with Gasteiger partial charge in [-0.1, -0.05) is 25.1 Å². The number of hydrogen-bond acceptors (Lipinski definition) is 5. The molecule has 0 unspecified atom stereocenters. The van der Waals surface area contributed by atoms with E-state index in [9.17, 15) is 4.79 Å². The standard InChI is InChI=1S/C25H25N5O2S/c1-4-17-9-11-19(12-10-17)30-28-22-13-16(3)21(15-23(22)29-30)26-25(33)27-24(31)18-7-6-8-20(14-18)32-5-2/h6-15H,4-5H2,1-3H3,(H2,26,27,31,33). The average molecular weight is 460 g/mol. The van der Waals surface area contributed by atoms with Crippen molar-refractivity contribution in [3.8, 4) is 11.4 Å². The zero-order valence-electron chi connectivity index (χ0n) is 18.8. The number of ether oxygens (including phenoxy) is 1. The van der Waals surface area contributed by atoms with Crippen molar-refractivity contribution in [2.24, 2.45) is 0 Å². The summed E-state index contributed by atoms with van der Waals surface area (Å²) < 4.78 is 5.46. The minimum absolute atomic E-state index is 0.201. The quantitative estimate of drug-likeness (QED) is 0.403. The van der Waals surface area contributed by atoms with E-state index in [1.54, 1.807) is 29.1 Å². The van der Waals surface area contributed by atoms with Crippen LogP contribution in [0.2, 0.25) is 0 Å². The van der Waals surface area contributed by atoms with Gasteiger partial charge in [-0.05, 0) is 86.1 Å². The van der Waals surface area contributed by atoms with E-state index in [4.69, 9.17) is 17.0 Å². The van der Waals surface area contributed by atoms with Crippen LogP contribution in [-0.4, -0.2) is 32.6 Å². The Morgan fingerprint density at radius 2 is 1.76 bits per heavy atom. The number of nitrogens with zero attached hydrogens (tertiary/aromatic N) is 3. The third-order valence-corrected chi connectivity index (χ3v) is 5.39. The fourth-order valence-corrected chi connectivity index (χ4v) is 3.61. The SMILES string of the molecule is CCOc1cccc(C(=O)NC(=S)Nc2cc3nn(-c4ccc(CC)cc4)nc3cc2C)c1. The Morgan fingerprint density at radius 3 is 2.45 bits per heavy atom. The normalized spacial score (nSPS) is 10.8. The van der Waals surface area contributed by atoms with E-state index in [2.05, 4.69) is 39.9 Å². The number of nitrogens with one attached hydrogen (secondary N) is 2. The molecule has 1 amide bonds. The van der Waals surface area contributed by atoms with E-state index in [1.165, 1.54) is 5.56 Å². The highest BCUT2D eigenvalue weighted by molar-refractivity contribution is 7.80. The summed E-state index contributed by atoms with van der Waals surface area (Å²) in [6.45, 7) is 6.50. The summed E-state index contributed by atoms with van der Waals surface area (Å²) in [5, 5.41) is 15.2. The van der Waals surface area contributed by atoms with Crippen LogP contribution < -0.4 is 15.4 Å². The molecular weight excluding hydrogens is 434 g/mol. The lowest BCUT2D eigenvalue weighted by Gasteiger charge is -2.12. The summed E-state index contributed by atoms with van der Waals surface area (Å²) in [5.74, 6) is 0.326. The molecular formula is C25H25N5O2S. The van der Waals surface area contributed by atoms with E-state index in [0.29, 0.717) is 17.9 Å². The number of carbonyl (C=O) groups is 1. The molecule has 0 radical (unpaired) electrons. The number of benzene rings is 3. The Labute approximate surface area is 197 Å². The fourth-order valence-electron chi connectivity index (χ4n) is 3.41. The van der Waals surface area contributed by atoms with Gasteiger partial charge >= 0.3 is 0 Å². The van der Waals surface area contributed by atoms with Crippen molar-refractivity contribution in [1.29, 1.82) is 0 Å². The molecule has 4 rings (SSSR count). The van der Waals surface area contributed by atoms with Gasteiger partial charge in [0, 0.05) is 11.3 Å². The molecule has 0 aliphatic rings.